The number of hydrogen-bond acceptors (Lipinski definition) is 5. The third-order valence-electron chi connectivity index (χ3n) is 9.70. The van der Waals surface area contributed by atoms with Crippen molar-refractivity contribution in [3.05, 3.63) is 146 Å². The Morgan fingerprint density at radius 3 is 2.04 bits per heavy atom. The van der Waals surface area contributed by atoms with Crippen LogP contribution in [-0.4, -0.2) is 9.97 Å². The van der Waals surface area contributed by atoms with Crippen LogP contribution < -0.4 is 0 Å². The summed E-state index contributed by atoms with van der Waals surface area (Å²) in [6, 6.07) is 50.6. The number of hydrogen-bond donors (Lipinski definition) is 0. The van der Waals surface area contributed by atoms with Crippen LogP contribution in [-0.2, 0) is 0 Å². The molecule has 4 aromatic heterocycles. The maximum absolute atomic E-state index is 6.57. The van der Waals surface area contributed by atoms with Gasteiger partial charge in [-0.15, -0.1) is 11.3 Å². The van der Waals surface area contributed by atoms with Gasteiger partial charge in [0.2, 0.25) is 0 Å². The Morgan fingerprint density at radius 1 is 0.469 bits per heavy atom. The number of benzene rings is 7. The second-order valence-electron chi connectivity index (χ2n) is 12.5. The van der Waals surface area contributed by atoms with E-state index in [9.17, 15) is 0 Å². The van der Waals surface area contributed by atoms with Gasteiger partial charge in [0, 0.05) is 42.8 Å². The lowest BCUT2D eigenvalue weighted by Gasteiger charge is -2.12. The molecule has 0 aliphatic heterocycles. The molecule has 0 atom stereocenters. The van der Waals surface area contributed by atoms with E-state index in [1.165, 1.54) is 15.5 Å². The van der Waals surface area contributed by atoms with Crippen molar-refractivity contribution >= 4 is 86.3 Å². The van der Waals surface area contributed by atoms with Crippen LogP contribution in [0.4, 0.5) is 0 Å². The summed E-state index contributed by atoms with van der Waals surface area (Å²) in [7, 11) is 0. The van der Waals surface area contributed by atoms with Gasteiger partial charge in [0.25, 0.3) is 0 Å². The molecule has 0 saturated carbocycles. The van der Waals surface area contributed by atoms with Crippen molar-refractivity contribution in [3.63, 3.8) is 0 Å². The monoisotopic (exact) mass is 644 g/mol. The molecule has 0 N–H and O–H groups in total. The topological polar surface area (TPSA) is 52.1 Å². The zero-order valence-electron chi connectivity index (χ0n) is 26.0. The van der Waals surface area contributed by atoms with E-state index < -0.39 is 0 Å². The lowest BCUT2D eigenvalue weighted by atomic mass is 9.94. The smallest absolute Gasteiger partial charge is 0.161 e. The average Bonchev–Trinajstić information content (AvgIpc) is 3.85. The average molecular weight is 645 g/mol. The molecule has 0 bridgehead atoms. The Hall–Kier alpha value is -6.30. The molecule has 0 saturated heterocycles. The van der Waals surface area contributed by atoms with Gasteiger partial charge in [-0.1, -0.05) is 109 Å². The first-order valence-electron chi connectivity index (χ1n) is 16.3. The highest BCUT2D eigenvalue weighted by Gasteiger charge is 2.23. The number of fused-ring (bicyclic) bond motifs is 10. The fourth-order valence-corrected chi connectivity index (χ4v) is 8.64. The molecule has 228 valence electrons. The maximum Gasteiger partial charge on any atom is 0.161 e. The number of nitrogens with zero attached hydrogens (tertiary/aromatic N) is 2. The predicted octanol–water partition coefficient (Wildman–Crippen LogP) is 12.8. The van der Waals surface area contributed by atoms with E-state index in [2.05, 4.69) is 121 Å². The Balaban J connectivity index is 1.28. The number of rotatable bonds is 3. The number of furan rings is 2. The van der Waals surface area contributed by atoms with Crippen molar-refractivity contribution in [1.29, 1.82) is 0 Å². The summed E-state index contributed by atoms with van der Waals surface area (Å²) < 4.78 is 15.3. The predicted molar refractivity (Wildman–Crippen MR) is 203 cm³/mol. The summed E-state index contributed by atoms with van der Waals surface area (Å²) in [4.78, 5) is 10.9. The molecule has 0 aliphatic rings. The zero-order chi connectivity index (χ0) is 32.1. The zero-order valence-corrected chi connectivity index (χ0v) is 26.8. The summed E-state index contributed by atoms with van der Waals surface area (Å²) in [5.41, 5.74) is 9.20. The first-order chi connectivity index (χ1) is 24.3. The van der Waals surface area contributed by atoms with E-state index in [0.29, 0.717) is 5.82 Å². The van der Waals surface area contributed by atoms with Gasteiger partial charge in [0.1, 0.15) is 22.3 Å². The highest BCUT2D eigenvalue weighted by molar-refractivity contribution is 7.26. The second kappa shape index (κ2) is 10.1. The normalized spacial score (nSPS) is 12.1. The van der Waals surface area contributed by atoms with E-state index in [1.54, 1.807) is 11.3 Å². The summed E-state index contributed by atoms with van der Waals surface area (Å²) >= 11 is 1.73. The van der Waals surface area contributed by atoms with Crippen LogP contribution in [0.15, 0.2) is 154 Å². The van der Waals surface area contributed by atoms with Crippen LogP contribution in [0.1, 0.15) is 0 Å². The van der Waals surface area contributed by atoms with Gasteiger partial charge in [-0.2, -0.15) is 0 Å². The summed E-state index contributed by atoms with van der Waals surface area (Å²) in [5, 5.41) is 7.70. The Morgan fingerprint density at radius 2 is 1.14 bits per heavy atom. The molecule has 11 aromatic rings. The van der Waals surface area contributed by atoms with E-state index in [4.69, 9.17) is 18.8 Å². The Bertz CT molecular complexity index is 3120. The minimum atomic E-state index is 0.651. The largest absolute Gasteiger partial charge is 0.456 e. The fraction of sp³-hybridized carbons (Fsp3) is 0. The molecule has 49 heavy (non-hydrogen) atoms. The minimum Gasteiger partial charge on any atom is -0.456 e. The van der Waals surface area contributed by atoms with Crippen molar-refractivity contribution in [2.24, 2.45) is 0 Å². The molecular formula is C44H24N2O2S. The van der Waals surface area contributed by atoms with Crippen LogP contribution >= 0.6 is 11.3 Å². The van der Waals surface area contributed by atoms with Gasteiger partial charge < -0.3 is 8.83 Å². The van der Waals surface area contributed by atoms with Crippen LogP contribution in [0, 0.1) is 0 Å². The number of para-hydroxylation sites is 3. The van der Waals surface area contributed by atoms with Crippen LogP contribution in [0.25, 0.3) is 109 Å². The molecule has 7 aromatic carbocycles. The molecule has 0 unspecified atom stereocenters. The minimum absolute atomic E-state index is 0.651. The third-order valence-corrected chi connectivity index (χ3v) is 10.9. The molecule has 11 rings (SSSR count). The van der Waals surface area contributed by atoms with E-state index in [-0.39, 0.29) is 0 Å². The maximum atomic E-state index is 6.57. The molecule has 0 fully saturated rings. The summed E-state index contributed by atoms with van der Waals surface area (Å²) in [6.07, 6.45) is 0. The quantitative estimate of drug-likeness (QED) is 0.192. The van der Waals surface area contributed by atoms with Crippen molar-refractivity contribution in [2.45, 2.75) is 0 Å². The Kier molecular flexibility index (Phi) is 5.51. The molecule has 5 heteroatoms. The first kappa shape index (κ1) is 26.7. The lowest BCUT2D eigenvalue weighted by molar-refractivity contribution is 0.669. The van der Waals surface area contributed by atoms with Gasteiger partial charge in [0.15, 0.2) is 5.82 Å². The van der Waals surface area contributed by atoms with Crippen LogP contribution in [0.2, 0.25) is 0 Å². The van der Waals surface area contributed by atoms with Gasteiger partial charge in [-0.05, 0) is 58.3 Å². The van der Waals surface area contributed by atoms with E-state index >= 15 is 0 Å². The van der Waals surface area contributed by atoms with Crippen LogP contribution in [0.3, 0.4) is 0 Å². The molecule has 0 amide bonds. The standard InChI is InChI=1S/C44H24N2O2S/c1-2-13-27-25(11-1)12-9-17-28(27)26-23-34(39-31-15-4-7-21-36(31)47-37(39)24-26)44-45-40-32-16-5-8-22-38(32)49-43(40)41(46-44)33-19-10-18-30-29-14-3-6-20-35(29)48-42(30)33/h1-24H. The SMILES string of the molecule is c1ccc2c(-c3cc(-c4nc(-c5cccc6c5oc5ccccc56)c5sc6ccccc6c5n4)c4c(c3)oc3ccccc34)cccc2c1. The van der Waals surface area contributed by atoms with E-state index in [0.717, 1.165) is 87.4 Å². The first-order valence-corrected chi connectivity index (χ1v) is 17.1. The molecule has 0 aliphatic carbocycles. The van der Waals surface area contributed by atoms with Crippen molar-refractivity contribution in [2.75, 3.05) is 0 Å². The van der Waals surface area contributed by atoms with Gasteiger partial charge in [-0.25, -0.2) is 9.97 Å². The molecular weight excluding hydrogens is 621 g/mol. The van der Waals surface area contributed by atoms with Crippen LogP contribution in [0.5, 0.6) is 0 Å². The molecule has 0 spiro atoms. The molecule has 4 nitrogen and oxygen atoms in total. The van der Waals surface area contributed by atoms with Gasteiger partial charge >= 0.3 is 0 Å². The summed E-state index contributed by atoms with van der Waals surface area (Å²) in [6.45, 7) is 0. The molecule has 0 radical (unpaired) electrons. The second-order valence-corrected chi connectivity index (χ2v) is 13.5. The van der Waals surface area contributed by atoms with Crippen molar-refractivity contribution in [1.82, 2.24) is 9.97 Å². The Labute approximate surface area is 283 Å². The number of thiophene rings is 1. The van der Waals surface area contributed by atoms with Crippen molar-refractivity contribution in [3.8, 4) is 33.8 Å². The van der Waals surface area contributed by atoms with E-state index in [1.807, 2.05) is 24.3 Å². The van der Waals surface area contributed by atoms with Gasteiger partial charge in [-0.3, -0.25) is 0 Å². The van der Waals surface area contributed by atoms with Crippen molar-refractivity contribution < 1.29 is 8.83 Å². The number of aromatic nitrogens is 2. The highest BCUT2D eigenvalue weighted by Crippen LogP contribution is 2.45. The third kappa shape index (κ3) is 3.91. The summed E-state index contributed by atoms with van der Waals surface area (Å²) in [5.74, 6) is 0.651. The fourth-order valence-electron chi connectivity index (χ4n) is 7.49. The molecule has 4 heterocycles. The highest BCUT2D eigenvalue weighted by atomic mass is 32.1. The lowest BCUT2D eigenvalue weighted by Crippen LogP contribution is -1.95. The van der Waals surface area contributed by atoms with Gasteiger partial charge in [0.05, 0.1) is 15.9 Å².